The number of anilines is 1. The summed E-state index contributed by atoms with van der Waals surface area (Å²) in [6, 6.07) is 17.5. The summed E-state index contributed by atoms with van der Waals surface area (Å²) in [5.41, 5.74) is 3.73. The van der Waals surface area contributed by atoms with E-state index < -0.39 is 17.7 Å². The molecule has 1 N–H and O–H groups in total. The van der Waals surface area contributed by atoms with Gasteiger partial charge in [0, 0.05) is 23.7 Å². The molecule has 3 aromatic carbocycles. The minimum Gasteiger partial charge on any atom is -0.507 e. The van der Waals surface area contributed by atoms with Crippen LogP contribution >= 0.6 is 0 Å². The van der Waals surface area contributed by atoms with Gasteiger partial charge in [-0.2, -0.15) is 0 Å². The smallest absolute Gasteiger partial charge is 0.300 e. The molecule has 1 fully saturated rings. The third-order valence-electron chi connectivity index (χ3n) is 7.34. The number of rotatable bonds is 3. The van der Waals surface area contributed by atoms with Crippen molar-refractivity contribution < 1.29 is 28.9 Å². The van der Waals surface area contributed by atoms with E-state index in [-0.39, 0.29) is 29.6 Å². The number of fused-ring (bicyclic) bond motifs is 2. The number of carbonyl (C=O) groups excluding carboxylic acids is 2. The zero-order valence-corrected chi connectivity index (χ0v) is 21.8. The fraction of sp³-hybridized carbons (Fsp3) is 0.290. The molecule has 194 valence electrons. The maximum atomic E-state index is 13.5. The van der Waals surface area contributed by atoms with Gasteiger partial charge in [0.2, 0.25) is 6.79 Å². The van der Waals surface area contributed by atoms with E-state index in [1.165, 1.54) is 4.90 Å². The van der Waals surface area contributed by atoms with Crippen LogP contribution in [0.5, 0.6) is 17.2 Å². The first-order valence-corrected chi connectivity index (χ1v) is 12.7. The Bertz CT molecular complexity index is 1500. The van der Waals surface area contributed by atoms with Crippen molar-refractivity contribution in [3.05, 3.63) is 88.5 Å². The molecule has 0 saturated carbocycles. The van der Waals surface area contributed by atoms with Gasteiger partial charge in [0.05, 0.1) is 11.6 Å². The summed E-state index contributed by atoms with van der Waals surface area (Å²) < 4.78 is 16.8. The number of ether oxygens (including phenoxy) is 3. The lowest BCUT2D eigenvalue weighted by Crippen LogP contribution is -2.29. The molecule has 1 saturated heterocycles. The third kappa shape index (κ3) is 3.90. The zero-order chi connectivity index (χ0) is 26.8. The van der Waals surface area contributed by atoms with Crippen LogP contribution in [0.25, 0.3) is 5.76 Å². The summed E-state index contributed by atoms with van der Waals surface area (Å²) >= 11 is 0. The largest absolute Gasteiger partial charge is 0.507 e. The van der Waals surface area contributed by atoms with Crippen LogP contribution in [-0.4, -0.2) is 29.7 Å². The van der Waals surface area contributed by atoms with Crippen LogP contribution < -0.4 is 19.1 Å². The first-order valence-electron chi connectivity index (χ1n) is 12.7. The van der Waals surface area contributed by atoms with E-state index in [1.54, 1.807) is 30.3 Å². The standard InChI is InChI=1S/C31H29NO6/c1-17-13-20-14-19(7-11-23(20)38-17)28(33)26-27(18-5-8-21(9-6-18)31(2,3)4)32(30(35)29(26)34)22-10-12-24-25(15-22)37-16-36-24/h5-12,14-15,17,27,33H,13,16H2,1-4H3/b28-26+. The number of ketones is 1. The van der Waals surface area contributed by atoms with Crippen molar-refractivity contribution >= 4 is 23.1 Å². The van der Waals surface area contributed by atoms with E-state index in [9.17, 15) is 14.7 Å². The summed E-state index contributed by atoms with van der Waals surface area (Å²) in [5.74, 6) is 0.177. The van der Waals surface area contributed by atoms with E-state index in [0.29, 0.717) is 29.2 Å². The molecule has 0 bridgehead atoms. The second-order valence-electron chi connectivity index (χ2n) is 11.0. The van der Waals surface area contributed by atoms with Gasteiger partial charge in [0.15, 0.2) is 11.5 Å². The number of hydrogen-bond acceptors (Lipinski definition) is 6. The van der Waals surface area contributed by atoms with E-state index >= 15 is 0 Å². The number of nitrogens with zero attached hydrogens (tertiary/aromatic N) is 1. The quantitative estimate of drug-likeness (QED) is 0.277. The molecule has 3 aliphatic rings. The first-order chi connectivity index (χ1) is 18.1. The van der Waals surface area contributed by atoms with Gasteiger partial charge in [0.25, 0.3) is 11.7 Å². The number of aliphatic hydroxyl groups excluding tert-OH is 1. The predicted octanol–water partition coefficient (Wildman–Crippen LogP) is 5.66. The van der Waals surface area contributed by atoms with E-state index in [0.717, 1.165) is 22.4 Å². The van der Waals surface area contributed by atoms with Gasteiger partial charge >= 0.3 is 0 Å². The van der Waals surface area contributed by atoms with Crippen LogP contribution in [0.1, 0.15) is 56.0 Å². The molecule has 3 heterocycles. The predicted molar refractivity (Wildman–Crippen MR) is 143 cm³/mol. The Kier molecular flexibility index (Phi) is 5.49. The van der Waals surface area contributed by atoms with Crippen molar-refractivity contribution in [1.82, 2.24) is 0 Å². The molecule has 2 unspecified atom stereocenters. The van der Waals surface area contributed by atoms with Crippen LogP contribution in [0.15, 0.2) is 66.2 Å². The van der Waals surface area contributed by atoms with Crippen molar-refractivity contribution in [2.45, 2.75) is 51.7 Å². The molecular weight excluding hydrogens is 482 g/mol. The molecule has 7 nitrogen and oxygen atoms in total. The average Bonchev–Trinajstić information content (AvgIpc) is 3.57. The highest BCUT2D eigenvalue weighted by Crippen LogP contribution is 2.45. The second kappa shape index (κ2) is 8.65. The monoisotopic (exact) mass is 511 g/mol. The maximum Gasteiger partial charge on any atom is 0.300 e. The lowest BCUT2D eigenvalue weighted by Gasteiger charge is -2.26. The number of aliphatic hydroxyl groups is 1. The van der Waals surface area contributed by atoms with Gasteiger partial charge in [-0.05, 0) is 59.4 Å². The van der Waals surface area contributed by atoms with Gasteiger partial charge in [-0.3, -0.25) is 14.5 Å². The molecule has 1 amide bonds. The van der Waals surface area contributed by atoms with Crippen molar-refractivity contribution in [1.29, 1.82) is 0 Å². The molecule has 0 aromatic heterocycles. The second-order valence-corrected chi connectivity index (χ2v) is 11.0. The highest BCUT2D eigenvalue weighted by atomic mass is 16.7. The Hall–Kier alpha value is -4.26. The maximum absolute atomic E-state index is 13.5. The SMILES string of the molecule is CC1Cc2cc(/C(O)=C3\C(=O)C(=O)N(c4ccc5c(c4)OCO5)C3c3ccc(C(C)(C)C)cc3)ccc2O1. The Morgan fingerprint density at radius 2 is 1.63 bits per heavy atom. The van der Waals surface area contributed by atoms with Crippen LogP contribution in [0.3, 0.4) is 0 Å². The average molecular weight is 512 g/mol. The Balaban J connectivity index is 1.51. The highest BCUT2D eigenvalue weighted by Gasteiger charge is 2.47. The molecule has 38 heavy (non-hydrogen) atoms. The summed E-state index contributed by atoms with van der Waals surface area (Å²) in [7, 11) is 0. The number of amides is 1. The van der Waals surface area contributed by atoms with Crippen LogP contribution in [-0.2, 0) is 21.4 Å². The van der Waals surface area contributed by atoms with Crippen molar-refractivity contribution in [3.63, 3.8) is 0 Å². The molecule has 3 aromatic rings. The molecule has 2 atom stereocenters. The summed E-state index contributed by atoms with van der Waals surface area (Å²) in [4.78, 5) is 28.5. The van der Waals surface area contributed by atoms with Gasteiger partial charge in [-0.1, -0.05) is 45.0 Å². The van der Waals surface area contributed by atoms with Gasteiger partial charge in [0.1, 0.15) is 17.6 Å². The highest BCUT2D eigenvalue weighted by molar-refractivity contribution is 6.51. The molecular formula is C31H29NO6. The van der Waals surface area contributed by atoms with Crippen molar-refractivity contribution in [2.24, 2.45) is 0 Å². The topological polar surface area (TPSA) is 85.3 Å². The molecule has 3 aliphatic heterocycles. The molecule has 0 spiro atoms. The Labute approximate surface area is 221 Å². The zero-order valence-electron chi connectivity index (χ0n) is 21.8. The normalized spacial score (nSPS) is 21.5. The number of carbonyl (C=O) groups is 2. The van der Waals surface area contributed by atoms with Gasteiger partial charge in [-0.25, -0.2) is 0 Å². The third-order valence-corrected chi connectivity index (χ3v) is 7.34. The first kappa shape index (κ1) is 24.1. The summed E-state index contributed by atoms with van der Waals surface area (Å²) in [6.07, 6.45) is 0.750. The number of Topliss-reactive ketones (excluding diaryl/α,β-unsaturated/α-hetero) is 1. The van der Waals surface area contributed by atoms with Crippen LogP contribution in [0.4, 0.5) is 5.69 Å². The summed E-state index contributed by atoms with van der Waals surface area (Å²) in [6.45, 7) is 8.45. The lowest BCUT2D eigenvalue weighted by molar-refractivity contribution is -0.132. The van der Waals surface area contributed by atoms with E-state index in [1.807, 2.05) is 37.3 Å². The van der Waals surface area contributed by atoms with E-state index in [2.05, 4.69) is 20.8 Å². The van der Waals surface area contributed by atoms with Crippen LogP contribution in [0.2, 0.25) is 0 Å². The fourth-order valence-electron chi connectivity index (χ4n) is 5.34. The lowest BCUT2D eigenvalue weighted by atomic mass is 9.85. The molecule has 0 aliphatic carbocycles. The fourth-order valence-corrected chi connectivity index (χ4v) is 5.34. The van der Waals surface area contributed by atoms with Crippen molar-refractivity contribution in [2.75, 3.05) is 11.7 Å². The minimum absolute atomic E-state index is 0.0420. The van der Waals surface area contributed by atoms with Crippen molar-refractivity contribution in [3.8, 4) is 17.2 Å². The number of benzene rings is 3. The van der Waals surface area contributed by atoms with Gasteiger partial charge < -0.3 is 19.3 Å². The molecule has 6 rings (SSSR count). The minimum atomic E-state index is -0.826. The molecule has 0 radical (unpaired) electrons. The molecule has 7 heteroatoms. The summed E-state index contributed by atoms with van der Waals surface area (Å²) in [5, 5.41) is 11.5. The number of hydrogen-bond donors (Lipinski definition) is 1. The Morgan fingerprint density at radius 3 is 2.37 bits per heavy atom. The van der Waals surface area contributed by atoms with Gasteiger partial charge in [-0.15, -0.1) is 0 Å². The van der Waals surface area contributed by atoms with E-state index in [4.69, 9.17) is 14.2 Å². The van der Waals surface area contributed by atoms with Crippen LogP contribution in [0, 0.1) is 0 Å². The Morgan fingerprint density at radius 1 is 0.921 bits per heavy atom.